The van der Waals surface area contributed by atoms with Gasteiger partial charge in [-0.25, -0.2) is 18.7 Å². The van der Waals surface area contributed by atoms with E-state index in [0.29, 0.717) is 5.95 Å². The molecule has 0 aliphatic carbocycles. The molecule has 0 atom stereocenters. The molecule has 2 aromatic carbocycles. The van der Waals surface area contributed by atoms with Gasteiger partial charge in [-0.3, -0.25) is 4.79 Å². The predicted molar refractivity (Wildman–Crippen MR) is 93.5 cm³/mol. The minimum absolute atomic E-state index is 0.143. The molecule has 1 N–H and O–H groups in total. The average molecular weight is 352 g/mol. The average Bonchev–Trinajstić information content (AvgIpc) is 3.09. The molecular formula is C19H14F2N4O. The number of hydrogen-bond acceptors (Lipinski definition) is 4. The Bertz CT molecular complexity index is 993. The van der Waals surface area contributed by atoms with Crippen molar-refractivity contribution in [3.63, 3.8) is 0 Å². The molecule has 0 bridgehead atoms. The van der Waals surface area contributed by atoms with Crippen molar-refractivity contribution < 1.29 is 13.6 Å². The maximum Gasteiger partial charge on any atom is 0.274 e. The Morgan fingerprint density at radius 1 is 1.08 bits per heavy atom. The van der Waals surface area contributed by atoms with E-state index in [0.717, 1.165) is 30.8 Å². The fourth-order valence-corrected chi connectivity index (χ4v) is 2.92. The Hall–Kier alpha value is -3.35. The van der Waals surface area contributed by atoms with Crippen molar-refractivity contribution in [2.24, 2.45) is 0 Å². The first kappa shape index (κ1) is 16.1. The summed E-state index contributed by atoms with van der Waals surface area (Å²) in [5, 5.41) is 2.51. The number of anilines is 3. The van der Waals surface area contributed by atoms with E-state index in [4.69, 9.17) is 0 Å². The van der Waals surface area contributed by atoms with Crippen LogP contribution in [0.4, 0.5) is 26.1 Å². The largest absolute Gasteiger partial charge is 0.321 e. The third-order valence-corrected chi connectivity index (χ3v) is 4.18. The van der Waals surface area contributed by atoms with Gasteiger partial charge in [0, 0.05) is 30.2 Å². The minimum Gasteiger partial charge on any atom is -0.321 e. The van der Waals surface area contributed by atoms with Gasteiger partial charge in [0.2, 0.25) is 5.95 Å². The van der Waals surface area contributed by atoms with E-state index >= 15 is 0 Å². The van der Waals surface area contributed by atoms with Crippen molar-refractivity contribution in [2.75, 3.05) is 16.8 Å². The van der Waals surface area contributed by atoms with E-state index in [9.17, 15) is 13.6 Å². The molecule has 3 aromatic rings. The second-order valence-electron chi connectivity index (χ2n) is 5.86. The zero-order chi connectivity index (χ0) is 18.1. The highest BCUT2D eigenvalue weighted by Crippen LogP contribution is 2.32. The number of carbonyl (C=O) groups is 1. The number of aromatic nitrogens is 2. The maximum absolute atomic E-state index is 13.3. The third kappa shape index (κ3) is 2.99. The Balaban J connectivity index is 1.58. The van der Waals surface area contributed by atoms with Crippen LogP contribution in [-0.4, -0.2) is 22.4 Å². The van der Waals surface area contributed by atoms with Gasteiger partial charge >= 0.3 is 0 Å². The van der Waals surface area contributed by atoms with Crippen LogP contribution < -0.4 is 10.2 Å². The molecule has 5 nitrogen and oxygen atoms in total. The van der Waals surface area contributed by atoms with Crippen molar-refractivity contribution in [2.45, 2.75) is 6.42 Å². The van der Waals surface area contributed by atoms with E-state index in [1.165, 1.54) is 23.9 Å². The molecule has 1 aliphatic rings. The number of amides is 1. The molecule has 1 aliphatic heterocycles. The lowest BCUT2D eigenvalue weighted by Crippen LogP contribution is -2.20. The van der Waals surface area contributed by atoms with Crippen LogP contribution in [0, 0.1) is 11.6 Å². The van der Waals surface area contributed by atoms with Crippen molar-refractivity contribution in [1.82, 2.24) is 9.97 Å². The van der Waals surface area contributed by atoms with Gasteiger partial charge in [0.05, 0.1) is 0 Å². The second kappa shape index (κ2) is 6.51. The highest BCUT2D eigenvalue weighted by atomic mass is 19.2. The normalized spacial score (nSPS) is 12.8. The Morgan fingerprint density at radius 3 is 2.77 bits per heavy atom. The molecule has 0 saturated heterocycles. The van der Waals surface area contributed by atoms with Gasteiger partial charge in [-0.15, -0.1) is 0 Å². The summed E-state index contributed by atoms with van der Waals surface area (Å²) in [7, 11) is 0. The molecule has 0 fully saturated rings. The van der Waals surface area contributed by atoms with Crippen LogP contribution in [0.5, 0.6) is 0 Å². The lowest BCUT2D eigenvalue weighted by molar-refractivity contribution is 0.102. The lowest BCUT2D eigenvalue weighted by atomic mass is 10.2. The van der Waals surface area contributed by atoms with E-state index in [2.05, 4.69) is 21.4 Å². The molecular weight excluding hydrogens is 338 g/mol. The van der Waals surface area contributed by atoms with Crippen LogP contribution in [0.15, 0.2) is 54.7 Å². The molecule has 4 rings (SSSR count). The molecule has 0 spiro atoms. The number of para-hydroxylation sites is 1. The first-order valence-corrected chi connectivity index (χ1v) is 8.07. The van der Waals surface area contributed by atoms with Crippen LogP contribution in [0.25, 0.3) is 0 Å². The quantitative estimate of drug-likeness (QED) is 0.781. The van der Waals surface area contributed by atoms with E-state index < -0.39 is 17.5 Å². The summed E-state index contributed by atoms with van der Waals surface area (Å²) in [4.78, 5) is 22.9. The predicted octanol–water partition coefficient (Wildman–Crippen LogP) is 3.70. The van der Waals surface area contributed by atoms with Gasteiger partial charge in [0.25, 0.3) is 5.91 Å². The van der Waals surface area contributed by atoms with E-state index in [1.807, 2.05) is 23.1 Å². The van der Waals surface area contributed by atoms with E-state index in [1.54, 1.807) is 0 Å². The molecule has 0 unspecified atom stereocenters. The van der Waals surface area contributed by atoms with Gasteiger partial charge in [0.1, 0.15) is 5.69 Å². The van der Waals surface area contributed by atoms with Crippen molar-refractivity contribution in [3.05, 3.63) is 77.6 Å². The molecule has 2 heterocycles. The van der Waals surface area contributed by atoms with Crippen LogP contribution in [0.2, 0.25) is 0 Å². The van der Waals surface area contributed by atoms with Gasteiger partial charge in [-0.05, 0) is 36.2 Å². The number of hydrogen-bond donors (Lipinski definition) is 1. The number of halogens is 2. The summed E-state index contributed by atoms with van der Waals surface area (Å²) in [6, 6.07) is 12.6. The number of rotatable bonds is 3. The summed E-state index contributed by atoms with van der Waals surface area (Å²) in [6.45, 7) is 0.730. The maximum atomic E-state index is 13.3. The van der Waals surface area contributed by atoms with Crippen LogP contribution in [0.1, 0.15) is 16.1 Å². The summed E-state index contributed by atoms with van der Waals surface area (Å²) in [6.07, 6.45) is 2.38. The molecule has 0 saturated carbocycles. The Kier molecular flexibility index (Phi) is 4.04. The highest BCUT2D eigenvalue weighted by molar-refractivity contribution is 6.03. The summed E-state index contributed by atoms with van der Waals surface area (Å²) < 4.78 is 26.3. The van der Waals surface area contributed by atoms with Crippen LogP contribution in [0.3, 0.4) is 0 Å². The fraction of sp³-hybridized carbons (Fsp3) is 0.105. The van der Waals surface area contributed by atoms with Crippen molar-refractivity contribution in [1.29, 1.82) is 0 Å². The number of carbonyl (C=O) groups excluding carboxylic acids is 1. The fourth-order valence-electron chi connectivity index (χ4n) is 2.92. The van der Waals surface area contributed by atoms with Crippen LogP contribution in [-0.2, 0) is 6.42 Å². The number of benzene rings is 2. The lowest BCUT2D eigenvalue weighted by Gasteiger charge is -2.17. The topological polar surface area (TPSA) is 58.1 Å². The second-order valence-corrected chi connectivity index (χ2v) is 5.86. The molecule has 26 heavy (non-hydrogen) atoms. The summed E-state index contributed by atoms with van der Waals surface area (Å²) in [5.74, 6) is -2.10. The third-order valence-electron chi connectivity index (χ3n) is 4.18. The number of nitrogens with one attached hydrogen (secondary N) is 1. The smallest absolute Gasteiger partial charge is 0.274 e. The van der Waals surface area contributed by atoms with E-state index in [-0.39, 0.29) is 11.4 Å². The van der Waals surface area contributed by atoms with Gasteiger partial charge in [0.15, 0.2) is 11.6 Å². The zero-order valence-electron chi connectivity index (χ0n) is 13.6. The molecule has 130 valence electrons. The van der Waals surface area contributed by atoms with Gasteiger partial charge < -0.3 is 10.2 Å². The number of nitrogens with zero attached hydrogens (tertiary/aromatic N) is 3. The minimum atomic E-state index is -1.03. The molecule has 1 aromatic heterocycles. The Labute approximate surface area is 148 Å². The highest BCUT2D eigenvalue weighted by Gasteiger charge is 2.22. The summed E-state index contributed by atoms with van der Waals surface area (Å²) in [5.41, 5.74) is 2.52. The molecule has 7 heteroatoms. The first-order chi connectivity index (χ1) is 12.6. The summed E-state index contributed by atoms with van der Waals surface area (Å²) >= 11 is 0. The monoisotopic (exact) mass is 352 g/mol. The van der Waals surface area contributed by atoms with Gasteiger partial charge in [-0.1, -0.05) is 18.2 Å². The zero-order valence-corrected chi connectivity index (χ0v) is 13.6. The van der Waals surface area contributed by atoms with Gasteiger partial charge in [-0.2, -0.15) is 0 Å². The first-order valence-electron chi connectivity index (χ1n) is 8.07. The molecule has 1 amide bonds. The van der Waals surface area contributed by atoms with Crippen molar-refractivity contribution >= 4 is 23.2 Å². The van der Waals surface area contributed by atoms with Crippen molar-refractivity contribution in [3.8, 4) is 0 Å². The molecule has 0 radical (unpaired) electrons. The Morgan fingerprint density at radius 2 is 1.92 bits per heavy atom. The number of fused-ring (bicyclic) bond motifs is 1. The van der Waals surface area contributed by atoms with Crippen LogP contribution >= 0.6 is 0 Å². The SMILES string of the molecule is O=C(Nc1ccc(F)c(F)c1)c1ccnc(N2CCc3ccccc32)n1. The standard InChI is InChI=1S/C19H14F2N4O/c20-14-6-5-13(11-15(14)21)23-18(26)16-7-9-22-19(24-16)25-10-8-12-3-1-2-4-17(12)25/h1-7,9,11H,8,10H2,(H,23,26).